The molecule has 4 aromatic rings. The average molecular weight is 565 g/mol. The van der Waals surface area contributed by atoms with Gasteiger partial charge in [0.1, 0.15) is 17.0 Å². The van der Waals surface area contributed by atoms with Crippen LogP contribution in [0.15, 0.2) is 97.1 Å². The fourth-order valence-electron chi connectivity index (χ4n) is 6.42. The van der Waals surface area contributed by atoms with Gasteiger partial charge in [0.25, 0.3) is 0 Å². The van der Waals surface area contributed by atoms with Crippen LogP contribution in [-0.2, 0) is 20.8 Å². The summed E-state index contributed by atoms with van der Waals surface area (Å²) in [7, 11) is 0. The second-order valence-electron chi connectivity index (χ2n) is 11.0. The first-order valence-electron chi connectivity index (χ1n) is 14.2. The molecular weight excluding hydrogens is 532 g/mol. The molecule has 2 saturated heterocycles. The summed E-state index contributed by atoms with van der Waals surface area (Å²) in [6.07, 6.45) is 0.920. The largest absolute Gasteiger partial charge is 0.480 e. The Morgan fingerprint density at radius 1 is 0.833 bits per heavy atom. The number of carboxylic acids is 1. The number of unbranched alkanes of at least 4 members (excludes halogenated alkanes) is 1. The highest BCUT2D eigenvalue weighted by Gasteiger charge is 2.68. The number of fused-ring (bicyclic) bond motifs is 2. The molecule has 0 saturated carbocycles. The van der Waals surface area contributed by atoms with Crippen molar-refractivity contribution in [2.24, 2.45) is 11.8 Å². The molecule has 2 amide bonds. The van der Waals surface area contributed by atoms with Gasteiger partial charge in [-0.3, -0.25) is 24.6 Å². The molecule has 3 N–H and O–H groups in total. The molecule has 214 valence electrons. The Kier molecular flexibility index (Phi) is 7.49. The van der Waals surface area contributed by atoms with Crippen molar-refractivity contribution in [2.75, 3.05) is 13.2 Å². The number of aliphatic hydroxyl groups is 1. The third kappa shape index (κ3) is 4.93. The van der Waals surface area contributed by atoms with Gasteiger partial charge in [0, 0.05) is 25.6 Å². The second-order valence-corrected chi connectivity index (χ2v) is 11.0. The smallest absolute Gasteiger partial charge is 0.325 e. The molecule has 0 spiro atoms. The number of rotatable bonds is 10. The maximum atomic E-state index is 13.9. The van der Waals surface area contributed by atoms with Gasteiger partial charge in [-0.1, -0.05) is 72.8 Å². The van der Waals surface area contributed by atoms with Crippen molar-refractivity contribution in [3.63, 3.8) is 0 Å². The lowest BCUT2D eigenvalue weighted by atomic mass is 9.76. The molecule has 4 atom stereocenters. The SMILES string of the molecule is O=C1C2C(c3ccc(Oc4ccccc4)cc3)NC(Cc3ccc4ccccc4c3)(C(=O)O)C2C(=O)N1CCCCO. The van der Waals surface area contributed by atoms with Crippen LogP contribution in [0.3, 0.4) is 0 Å². The summed E-state index contributed by atoms with van der Waals surface area (Å²) in [6, 6.07) is 29.4. The molecule has 2 heterocycles. The van der Waals surface area contributed by atoms with E-state index in [1.54, 1.807) is 12.1 Å². The number of para-hydroxylation sites is 1. The Labute approximate surface area is 243 Å². The first-order chi connectivity index (χ1) is 20.4. The van der Waals surface area contributed by atoms with E-state index < -0.39 is 35.3 Å². The van der Waals surface area contributed by atoms with Crippen molar-refractivity contribution >= 4 is 28.6 Å². The predicted molar refractivity (Wildman–Crippen MR) is 157 cm³/mol. The summed E-state index contributed by atoms with van der Waals surface area (Å²) in [5.74, 6) is -2.73. The summed E-state index contributed by atoms with van der Waals surface area (Å²) in [5, 5.41) is 25.3. The molecule has 4 aromatic carbocycles. The fraction of sp³-hybridized carbons (Fsp3) is 0.265. The number of benzene rings is 4. The number of imide groups is 1. The van der Waals surface area contributed by atoms with E-state index in [1.165, 1.54) is 4.90 Å². The molecule has 4 unspecified atom stereocenters. The lowest BCUT2D eigenvalue weighted by molar-refractivity contribution is -0.151. The minimum absolute atomic E-state index is 0.0313. The number of carboxylic acid groups (broad SMARTS) is 1. The molecule has 2 aliphatic heterocycles. The first-order valence-corrected chi connectivity index (χ1v) is 14.2. The van der Waals surface area contributed by atoms with Gasteiger partial charge >= 0.3 is 5.97 Å². The molecule has 0 aromatic heterocycles. The average Bonchev–Trinajstić information content (AvgIpc) is 3.47. The monoisotopic (exact) mass is 564 g/mol. The van der Waals surface area contributed by atoms with Crippen molar-refractivity contribution in [3.05, 3.63) is 108 Å². The van der Waals surface area contributed by atoms with E-state index in [9.17, 15) is 24.6 Å². The molecule has 2 aliphatic rings. The summed E-state index contributed by atoms with van der Waals surface area (Å²) in [6.45, 7) is 0.0964. The standard InChI is InChI=1S/C34H32N2O6/c37-19-7-6-18-36-31(38)28-29(32(36)39)34(33(40)41,21-22-12-13-23-8-4-5-9-25(23)20-22)35-30(28)24-14-16-27(17-15-24)42-26-10-2-1-3-11-26/h1-5,8-17,20,28-30,35,37H,6-7,18-19,21H2,(H,40,41). The Hall–Kier alpha value is -4.53. The van der Waals surface area contributed by atoms with Gasteiger partial charge in [-0.05, 0) is 59.0 Å². The Morgan fingerprint density at radius 3 is 2.24 bits per heavy atom. The van der Waals surface area contributed by atoms with E-state index in [1.807, 2.05) is 84.9 Å². The first kappa shape index (κ1) is 27.6. The Bertz CT molecular complexity index is 1620. The molecule has 0 bridgehead atoms. The van der Waals surface area contributed by atoms with Gasteiger partial charge < -0.3 is 14.9 Å². The molecule has 6 rings (SSSR count). The highest BCUT2D eigenvalue weighted by Crippen LogP contribution is 2.50. The van der Waals surface area contributed by atoms with Crippen LogP contribution in [0.4, 0.5) is 0 Å². The lowest BCUT2D eigenvalue weighted by Crippen LogP contribution is -2.57. The van der Waals surface area contributed by atoms with Crippen molar-refractivity contribution in [3.8, 4) is 11.5 Å². The van der Waals surface area contributed by atoms with E-state index in [4.69, 9.17) is 4.74 Å². The van der Waals surface area contributed by atoms with E-state index in [0.717, 1.165) is 16.3 Å². The molecule has 2 fully saturated rings. The number of aliphatic carboxylic acids is 1. The van der Waals surface area contributed by atoms with Crippen LogP contribution in [0.5, 0.6) is 11.5 Å². The van der Waals surface area contributed by atoms with Gasteiger partial charge in [0.15, 0.2) is 0 Å². The van der Waals surface area contributed by atoms with Gasteiger partial charge in [-0.25, -0.2) is 0 Å². The van der Waals surface area contributed by atoms with Crippen LogP contribution in [0.25, 0.3) is 10.8 Å². The maximum absolute atomic E-state index is 13.9. The number of nitrogens with zero attached hydrogens (tertiary/aromatic N) is 1. The topological polar surface area (TPSA) is 116 Å². The zero-order valence-corrected chi connectivity index (χ0v) is 23.0. The van der Waals surface area contributed by atoms with Crippen molar-refractivity contribution < 1.29 is 29.3 Å². The van der Waals surface area contributed by atoms with Crippen LogP contribution < -0.4 is 10.1 Å². The predicted octanol–water partition coefficient (Wildman–Crippen LogP) is 4.72. The third-order valence-electron chi connectivity index (χ3n) is 8.43. The number of hydrogen-bond donors (Lipinski definition) is 3. The normalized spacial score (nSPS) is 23.4. The van der Waals surface area contributed by atoms with Crippen LogP contribution in [0.1, 0.15) is 30.0 Å². The fourth-order valence-corrected chi connectivity index (χ4v) is 6.42. The van der Waals surface area contributed by atoms with E-state index >= 15 is 0 Å². The van der Waals surface area contributed by atoms with Gasteiger partial charge in [0.05, 0.1) is 11.8 Å². The molecular formula is C34H32N2O6. The molecule has 42 heavy (non-hydrogen) atoms. The Balaban J connectivity index is 1.37. The lowest BCUT2D eigenvalue weighted by Gasteiger charge is -2.31. The van der Waals surface area contributed by atoms with Crippen LogP contribution in [0.2, 0.25) is 0 Å². The summed E-state index contributed by atoms with van der Waals surface area (Å²) < 4.78 is 5.92. The second kappa shape index (κ2) is 11.4. The number of ether oxygens (including phenoxy) is 1. The van der Waals surface area contributed by atoms with Crippen LogP contribution in [-0.4, -0.2) is 51.6 Å². The van der Waals surface area contributed by atoms with Crippen LogP contribution in [0, 0.1) is 11.8 Å². The molecule has 8 heteroatoms. The van der Waals surface area contributed by atoms with Gasteiger partial charge in [-0.15, -0.1) is 0 Å². The summed E-state index contributed by atoms with van der Waals surface area (Å²) >= 11 is 0. The number of carbonyl (C=O) groups excluding carboxylic acids is 2. The highest BCUT2D eigenvalue weighted by atomic mass is 16.5. The summed E-state index contributed by atoms with van der Waals surface area (Å²) in [5.41, 5.74) is -0.242. The number of hydrogen-bond acceptors (Lipinski definition) is 6. The number of aliphatic hydroxyl groups excluding tert-OH is 1. The van der Waals surface area contributed by atoms with Crippen molar-refractivity contribution in [2.45, 2.75) is 30.8 Å². The number of amides is 2. The molecule has 8 nitrogen and oxygen atoms in total. The van der Waals surface area contributed by atoms with Gasteiger partial charge in [-0.2, -0.15) is 0 Å². The van der Waals surface area contributed by atoms with Crippen LogP contribution >= 0.6 is 0 Å². The zero-order chi connectivity index (χ0) is 29.3. The van der Waals surface area contributed by atoms with E-state index in [2.05, 4.69) is 5.32 Å². The maximum Gasteiger partial charge on any atom is 0.325 e. The highest BCUT2D eigenvalue weighted by molar-refractivity contribution is 6.09. The zero-order valence-electron chi connectivity index (χ0n) is 23.0. The van der Waals surface area contributed by atoms with E-state index in [0.29, 0.717) is 29.9 Å². The summed E-state index contributed by atoms with van der Waals surface area (Å²) in [4.78, 5) is 42.1. The number of carbonyl (C=O) groups is 3. The Morgan fingerprint density at radius 2 is 1.52 bits per heavy atom. The quantitative estimate of drug-likeness (QED) is 0.189. The van der Waals surface area contributed by atoms with Crippen molar-refractivity contribution in [1.82, 2.24) is 10.2 Å². The number of likely N-dealkylation sites (tertiary alicyclic amines) is 1. The minimum atomic E-state index is -1.70. The number of nitrogens with one attached hydrogen (secondary N) is 1. The van der Waals surface area contributed by atoms with Crippen molar-refractivity contribution in [1.29, 1.82) is 0 Å². The van der Waals surface area contributed by atoms with E-state index in [-0.39, 0.29) is 25.5 Å². The van der Waals surface area contributed by atoms with Gasteiger partial charge in [0.2, 0.25) is 11.8 Å². The third-order valence-corrected chi connectivity index (χ3v) is 8.43. The molecule has 0 aliphatic carbocycles. The minimum Gasteiger partial charge on any atom is -0.480 e. The molecule has 0 radical (unpaired) electrons.